The van der Waals surface area contributed by atoms with Crippen LogP contribution >= 0.6 is 0 Å². The van der Waals surface area contributed by atoms with Gasteiger partial charge in [0.2, 0.25) is 0 Å². The van der Waals surface area contributed by atoms with Crippen molar-refractivity contribution in [3.05, 3.63) is 65.7 Å². The van der Waals surface area contributed by atoms with Gasteiger partial charge < -0.3 is 10.5 Å². The second-order valence-corrected chi connectivity index (χ2v) is 7.94. The number of nitrogens with two attached hydrogens (primary N) is 1. The molecule has 3 aromatic rings. The van der Waals surface area contributed by atoms with Crippen LogP contribution in [0.5, 0.6) is 5.75 Å². The molecule has 0 aliphatic heterocycles. The maximum Gasteiger partial charge on any atom is 0.142 e. The van der Waals surface area contributed by atoms with E-state index in [1.807, 2.05) is 55.5 Å². The van der Waals surface area contributed by atoms with Crippen LogP contribution in [0.2, 0.25) is 0 Å². The van der Waals surface area contributed by atoms with Crippen LogP contribution in [0, 0.1) is 18.3 Å². The van der Waals surface area contributed by atoms with Crippen LogP contribution < -0.4 is 10.5 Å². The van der Waals surface area contributed by atoms with Crippen molar-refractivity contribution in [3.63, 3.8) is 0 Å². The fourth-order valence-corrected chi connectivity index (χ4v) is 3.67. The highest BCUT2D eigenvalue weighted by Gasteiger charge is 2.13. The lowest BCUT2D eigenvalue weighted by Gasteiger charge is -2.12. The van der Waals surface area contributed by atoms with Crippen molar-refractivity contribution in [2.45, 2.75) is 52.4 Å². The van der Waals surface area contributed by atoms with Gasteiger partial charge in [0.05, 0.1) is 12.3 Å². The molecule has 4 nitrogen and oxygen atoms in total. The first-order chi connectivity index (χ1) is 15.1. The summed E-state index contributed by atoms with van der Waals surface area (Å²) in [5.41, 5.74) is 11.1. The lowest BCUT2D eigenvalue weighted by atomic mass is 9.98. The highest BCUT2D eigenvalue weighted by molar-refractivity contribution is 5.80. The van der Waals surface area contributed by atoms with Crippen molar-refractivity contribution in [2.75, 3.05) is 12.3 Å². The molecule has 31 heavy (non-hydrogen) atoms. The Morgan fingerprint density at radius 3 is 2.39 bits per heavy atom. The minimum atomic E-state index is 0.250. The summed E-state index contributed by atoms with van der Waals surface area (Å²) in [4.78, 5) is 4.47. The highest BCUT2D eigenvalue weighted by atomic mass is 16.5. The maximum atomic E-state index is 9.65. The minimum Gasteiger partial charge on any atom is -0.494 e. The van der Waals surface area contributed by atoms with Crippen LogP contribution in [0.4, 0.5) is 5.82 Å². The fraction of sp³-hybridized carbons (Fsp3) is 0.333. The van der Waals surface area contributed by atoms with Gasteiger partial charge in [-0.25, -0.2) is 4.98 Å². The first kappa shape index (κ1) is 22.4. The number of anilines is 1. The van der Waals surface area contributed by atoms with Crippen LogP contribution in [0.1, 0.15) is 56.6 Å². The highest BCUT2D eigenvalue weighted by Crippen LogP contribution is 2.32. The minimum absolute atomic E-state index is 0.250. The first-order valence-electron chi connectivity index (χ1n) is 11.1. The van der Waals surface area contributed by atoms with Crippen LogP contribution in [0.3, 0.4) is 0 Å². The van der Waals surface area contributed by atoms with Gasteiger partial charge in [-0.15, -0.1) is 0 Å². The van der Waals surface area contributed by atoms with Gasteiger partial charge in [0.25, 0.3) is 0 Å². The topological polar surface area (TPSA) is 71.9 Å². The summed E-state index contributed by atoms with van der Waals surface area (Å²) < 4.78 is 5.89. The molecule has 0 spiro atoms. The second kappa shape index (κ2) is 11.2. The van der Waals surface area contributed by atoms with Gasteiger partial charge in [-0.1, -0.05) is 74.9 Å². The Morgan fingerprint density at radius 2 is 1.68 bits per heavy atom. The van der Waals surface area contributed by atoms with E-state index in [2.05, 4.69) is 24.0 Å². The summed E-state index contributed by atoms with van der Waals surface area (Å²) in [5, 5.41) is 9.65. The van der Waals surface area contributed by atoms with Crippen LogP contribution in [-0.2, 0) is 0 Å². The number of nitrogens with zero attached hydrogens (tertiary/aromatic N) is 2. The van der Waals surface area contributed by atoms with E-state index in [1.165, 1.54) is 32.1 Å². The number of aromatic nitrogens is 1. The fourth-order valence-electron chi connectivity index (χ4n) is 3.67. The van der Waals surface area contributed by atoms with Gasteiger partial charge in [-0.05, 0) is 43.2 Å². The molecule has 4 heteroatoms. The number of ether oxygens (including phenoxy) is 1. The third-order valence-electron chi connectivity index (χ3n) is 5.41. The summed E-state index contributed by atoms with van der Waals surface area (Å²) in [7, 11) is 0. The van der Waals surface area contributed by atoms with Crippen molar-refractivity contribution in [1.82, 2.24) is 4.98 Å². The van der Waals surface area contributed by atoms with Crippen LogP contribution in [0.25, 0.3) is 22.4 Å². The van der Waals surface area contributed by atoms with E-state index in [-0.39, 0.29) is 5.82 Å². The van der Waals surface area contributed by atoms with E-state index in [4.69, 9.17) is 10.5 Å². The molecule has 0 radical (unpaired) electrons. The molecule has 0 bridgehead atoms. The Bertz CT molecular complexity index is 1040. The summed E-state index contributed by atoms with van der Waals surface area (Å²) in [6.45, 7) is 5.01. The number of nitrogen functional groups attached to an aromatic ring is 1. The summed E-state index contributed by atoms with van der Waals surface area (Å²) >= 11 is 0. The predicted octanol–water partition coefficient (Wildman–Crippen LogP) is 6.92. The zero-order valence-electron chi connectivity index (χ0n) is 18.5. The van der Waals surface area contributed by atoms with Crippen molar-refractivity contribution >= 4 is 5.82 Å². The largest absolute Gasteiger partial charge is 0.494 e. The zero-order chi connectivity index (χ0) is 22.1. The Balaban J connectivity index is 1.74. The van der Waals surface area contributed by atoms with Crippen molar-refractivity contribution in [2.24, 2.45) is 0 Å². The number of pyridine rings is 1. The molecule has 0 saturated carbocycles. The Labute approximate surface area is 185 Å². The number of nitriles is 1. The van der Waals surface area contributed by atoms with E-state index in [0.29, 0.717) is 5.56 Å². The molecule has 3 rings (SSSR count). The van der Waals surface area contributed by atoms with E-state index in [9.17, 15) is 5.26 Å². The predicted molar refractivity (Wildman–Crippen MR) is 128 cm³/mol. The van der Waals surface area contributed by atoms with Crippen LogP contribution in [0.15, 0.2) is 54.6 Å². The molecule has 1 aromatic heterocycles. The van der Waals surface area contributed by atoms with E-state index < -0.39 is 0 Å². The van der Waals surface area contributed by atoms with Gasteiger partial charge in [0.1, 0.15) is 23.2 Å². The summed E-state index contributed by atoms with van der Waals surface area (Å²) in [6, 6.07) is 20.1. The number of hydrogen-bond donors (Lipinski definition) is 1. The molecule has 0 atom stereocenters. The summed E-state index contributed by atoms with van der Waals surface area (Å²) in [6.07, 6.45) is 7.46. The lowest BCUT2D eigenvalue weighted by molar-refractivity contribution is 0.304. The quantitative estimate of drug-likeness (QED) is 0.366. The summed E-state index contributed by atoms with van der Waals surface area (Å²) in [5.74, 6) is 1.09. The second-order valence-electron chi connectivity index (χ2n) is 7.94. The average Bonchev–Trinajstić information content (AvgIpc) is 2.78. The van der Waals surface area contributed by atoms with E-state index in [0.717, 1.165) is 46.7 Å². The molecule has 160 valence electrons. The third kappa shape index (κ3) is 6.08. The monoisotopic (exact) mass is 413 g/mol. The SMILES string of the molecule is CCCCCCCCOc1ccc(-c2cc(-c3cccc(C)c3)nc(N)c2C#N)cc1. The standard InChI is InChI=1S/C27H31N3O/c1-3-4-5-6-7-8-16-31-23-14-12-21(13-15-23)24-18-26(30-27(29)25(24)19-28)22-11-9-10-20(2)17-22/h9-15,17-18H,3-8,16H2,1-2H3,(H2,29,30). The third-order valence-corrected chi connectivity index (χ3v) is 5.41. The van der Waals surface area contributed by atoms with Crippen molar-refractivity contribution < 1.29 is 4.74 Å². The van der Waals surface area contributed by atoms with Gasteiger partial charge in [-0.3, -0.25) is 0 Å². The first-order valence-corrected chi connectivity index (χ1v) is 11.1. The number of unbranched alkanes of at least 4 members (excludes halogenated alkanes) is 5. The Kier molecular flexibility index (Phi) is 8.06. The normalized spacial score (nSPS) is 10.6. The van der Waals surface area contributed by atoms with Gasteiger partial charge in [-0.2, -0.15) is 5.26 Å². The molecule has 0 unspecified atom stereocenters. The number of rotatable bonds is 10. The maximum absolute atomic E-state index is 9.65. The molecule has 0 fully saturated rings. The van der Waals surface area contributed by atoms with Crippen molar-refractivity contribution in [3.8, 4) is 34.2 Å². The molecule has 0 aliphatic rings. The number of hydrogen-bond acceptors (Lipinski definition) is 4. The van der Waals surface area contributed by atoms with Gasteiger partial charge in [0, 0.05) is 11.1 Å². The Morgan fingerprint density at radius 1 is 0.935 bits per heavy atom. The number of benzene rings is 2. The molecular weight excluding hydrogens is 382 g/mol. The molecule has 1 heterocycles. The van der Waals surface area contributed by atoms with Crippen LogP contribution in [-0.4, -0.2) is 11.6 Å². The smallest absolute Gasteiger partial charge is 0.142 e. The average molecular weight is 414 g/mol. The van der Waals surface area contributed by atoms with E-state index in [1.54, 1.807) is 0 Å². The van der Waals surface area contributed by atoms with Gasteiger partial charge >= 0.3 is 0 Å². The van der Waals surface area contributed by atoms with Crippen molar-refractivity contribution in [1.29, 1.82) is 5.26 Å². The number of aryl methyl sites for hydroxylation is 1. The Hall–Kier alpha value is -3.32. The molecular formula is C27H31N3O. The molecule has 0 aliphatic carbocycles. The van der Waals surface area contributed by atoms with Gasteiger partial charge in [0.15, 0.2) is 0 Å². The molecule has 2 aromatic carbocycles. The molecule has 0 amide bonds. The molecule has 2 N–H and O–H groups in total. The van der Waals surface area contributed by atoms with E-state index >= 15 is 0 Å². The lowest BCUT2D eigenvalue weighted by Crippen LogP contribution is -2.00. The zero-order valence-corrected chi connectivity index (χ0v) is 18.5. The molecule has 0 saturated heterocycles.